The van der Waals surface area contributed by atoms with Gasteiger partial charge in [-0.15, -0.1) is 11.6 Å². The van der Waals surface area contributed by atoms with Crippen molar-refractivity contribution in [1.82, 2.24) is 5.01 Å². The molecule has 25 heavy (non-hydrogen) atoms. The molecule has 2 aliphatic heterocycles. The summed E-state index contributed by atoms with van der Waals surface area (Å²) in [6.45, 7) is 0.958. The van der Waals surface area contributed by atoms with Gasteiger partial charge in [-0.25, -0.2) is 5.01 Å². The largest absolute Gasteiger partial charge is 0.346 e. The average Bonchev–Trinajstić information content (AvgIpc) is 3.09. The Morgan fingerprint density at radius 1 is 1.08 bits per heavy atom. The van der Waals surface area contributed by atoms with Gasteiger partial charge in [0.15, 0.2) is 0 Å². The van der Waals surface area contributed by atoms with Crippen molar-refractivity contribution < 1.29 is 4.79 Å². The van der Waals surface area contributed by atoms with E-state index < -0.39 is 0 Å². The van der Waals surface area contributed by atoms with Crippen molar-refractivity contribution in [3.8, 4) is 0 Å². The number of nitrogens with zero attached hydrogens (tertiary/aromatic N) is 2. The molecule has 0 bridgehead atoms. The summed E-state index contributed by atoms with van der Waals surface area (Å²) in [6, 6.07) is 17.8. The fourth-order valence-corrected chi connectivity index (χ4v) is 4.29. The van der Waals surface area contributed by atoms with Crippen molar-refractivity contribution in [2.45, 2.75) is 31.3 Å². The predicted molar refractivity (Wildman–Crippen MR) is 102 cm³/mol. The molecule has 0 spiro atoms. The van der Waals surface area contributed by atoms with Crippen LogP contribution in [0.15, 0.2) is 54.6 Å². The van der Waals surface area contributed by atoms with Crippen molar-refractivity contribution in [2.75, 3.05) is 22.8 Å². The first-order valence-electron chi connectivity index (χ1n) is 8.85. The number of hydrazine groups is 1. The lowest BCUT2D eigenvalue weighted by Gasteiger charge is -2.51. The molecule has 2 aromatic carbocycles. The third kappa shape index (κ3) is 2.65. The first-order chi connectivity index (χ1) is 12.3. The molecule has 1 amide bonds. The summed E-state index contributed by atoms with van der Waals surface area (Å²) >= 11 is 6.01. The standard InChI is InChI=1S/C20H22ClN3O/c21-14-6-12-20-13-7-15-23(20)18-11-5-4-10-17(18)19(25)24(20)22-16-8-2-1-3-9-16/h1-5,8-11,22H,6-7,12-15H2. The highest BCUT2D eigenvalue weighted by Crippen LogP contribution is 2.46. The predicted octanol–water partition coefficient (Wildman–Crippen LogP) is 4.49. The molecule has 1 unspecified atom stereocenters. The highest BCUT2D eigenvalue weighted by Gasteiger charge is 2.52. The number of nitrogens with one attached hydrogen (secondary N) is 1. The maximum atomic E-state index is 13.3. The van der Waals surface area contributed by atoms with Crippen LogP contribution in [0.25, 0.3) is 0 Å². The van der Waals surface area contributed by atoms with Crippen molar-refractivity contribution in [1.29, 1.82) is 0 Å². The lowest BCUT2D eigenvalue weighted by Crippen LogP contribution is -2.64. The van der Waals surface area contributed by atoms with E-state index in [-0.39, 0.29) is 11.6 Å². The van der Waals surface area contributed by atoms with Gasteiger partial charge in [-0.1, -0.05) is 30.3 Å². The molecule has 0 saturated carbocycles. The van der Waals surface area contributed by atoms with Crippen LogP contribution in [0.3, 0.4) is 0 Å². The number of alkyl halides is 1. The second-order valence-corrected chi connectivity index (χ2v) is 7.04. The quantitative estimate of drug-likeness (QED) is 0.803. The van der Waals surface area contributed by atoms with Crippen LogP contribution in [-0.2, 0) is 0 Å². The molecule has 4 rings (SSSR count). The number of carbonyl (C=O) groups is 1. The minimum absolute atomic E-state index is 0.0344. The van der Waals surface area contributed by atoms with Crippen molar-refractivity contribution in [3.05, 3.63) is 60.2 Å². The maximum absolute atomic E-state index is 13.3. The summed E-state index contributed by atoms with van der Waals surface area (Å²) in [6.07, 6.45) is 3.75. The van der Waals surface area contributed by atoms with Crippen LogP contribution < -0.4 is 10.3 Å². The van der Waals surface area contributed by atoms with Gasteiger partial charge in [0.05, 0.1) is 16.9 Å². The van der Waals surface area contributed by atoms with Gasteiger partial charge in [-0.05, 0) is 49.9 Å². The van der Waals surface area contributed by atoms with E-state index >= 15 is 0 Å². The topological polar surface area (TPSA) is 35.6 Å². The lowest BCUT2D eigenvalue weighted by atomic mass is 9.94. The summed E-state index contributed by atoms with van der Waals surface area (Å²) in [5, 5.41) is 1.85. The van der Waals surface area contributed by atoms with E-state index in [0.717, 1.165) is 49.2 Å². The summed E-state index contributed by atoms with van der Waals surface area (Å²) in [7, 11) is 0. The van der Waals surface area contributed by atoms with Crippen LogP contribution in [0.4, 0.5) is 11.4 Å². The molecule has 2 aliphatic rings. The van der Waals surface area contributed by atoms with E-state index in [2.05, 4.69) is 16.4 Å². The average molecular weight is 356 g/mol. The summed E-state index contributed by atoms with van der Waals surface area (Å²) < 4.78 is 0. The van der Waals surface area contributed by atoms with E-state index in [1.165, 1.54) is 0 Å². The van der Waals surface area contributed by atoms with Crippen molar-refractivity contribution in [2.24, 2.45) is 0 Å². The van der Waals surface area contributed by atoms with Crippen molar-refractivity contribution in [3.63, 3.8) is 0 Å². The summed E-state index contributed by atoms with van der Waals surface area (Å²) in [5.74, 6) is 0.636. The van der Waals surface area contributed by atoms with Gasteiger partial charge < -0.3 is 4.90 Å². The van der Waals surface area contributed by atoms with Gasteiger partial charge in [-0.3, -0.25) is 10.2 Å². The number of fused-ring (bicyclic) bond motifs is 3. The van der Waals surface area contributed by atoms with Crippen molar-refractivity contribution >= 4 is 28.9 Å². The summed E-state index contributed by atoms with van der Waals surface area (Å²) in [4.78, 5) is 15.7. The van der Waals surface area contributed by atoms with Gasteiger partial charge in [-0.2, -0.15) is 0 Å². The Bertz CT molecular complexity index is 767. The van der Waals surface area contributed by atoms with Gasteiger partial charge in [0.25, 0.3) is 5.91 Å². The van der Waals surface area contributed by atoms with Gasteiger partial charge >= 0.3 is 0 Å². The molecule has 0 radical (unpaired) electrons. The fourth-order valence-electron chi connectivity index (χ4n) is 4.16. The number of rotatable bonds is 5. The molecule has 5 heteroatoms. The lowest BCUT2D eigenvalue weighted by molar-refractivity contribution is 0.0516. The van der Waals surface area contributed by atoms with Crippen LogP contribution in [0.1, 0.15) is 36.0 Å². The second kappa shape index (κ2) is 6.60. The highest BCUT2D eigenvalue weighted by atomic mass is 35.5. The summed E-state index contributed by atoms with van der Waals surface area (Å²) in [5.41, 5.74) is 5.77. The van der Waals surface area contributed by atoms with Gasteiger partial charge in [0, 0.05) is 12.4 Å². The molecule has 0 aromatic heterocycles. The number of halogens is 1. The Balaban J connectivity index is 1.80. The molecule has 1 fully saturated rings. The number of carbonyl (C=O) groups excluding carboxylic acids is 1. The SMILES string of the molecule is O=C1c2ccccc2N2CCCC2(CCCCl)N1Nc1ccccc1. The van der Waals surface area contributed by atoms with E-state index in [1.807, 2.05) is 53.5 Å². The van der Waals surface area contributed by atoms with E-state index in [4.69, 9.17) is 11.6 Å². The van der Waals surface area contributed by atoms with Crippen LogP contribution in [-0.4, -0.2) is 29.0 Å². The fraction of sp³-hybridized carbons (Fsp3) is 0.350. The zero-order valence-corrected chi connectivity index (χ0v) is 14.9. The monoisotopic (exact) mass is 355 g/mol. The molecule has 2 heterocycles. The minimum Gasteiger partial charge on any atom is -0.346 e. The number of hydrogen-bond donors (Lipinski definition) is 1. The normalized spacial score (nSPS) is 21.9. The molecular weight excluding hydrogens is 334 g/mol. The Morgan fingerprint density at radius 2 is 1.84 bits per heavy atom. The third-order valence-electron chi connectivity index (χ3n) is 5.23. The van der Waals surface area contributed by atoms with E-state index in [9.17, 15) is 4.79 Å². The number of anilines is 2. The molecule has 1 saturated heterocycles. The number of benzene rings is 2. The Morgan fingerprint density at radius 3 is 2.64 bits per heavy atom. The second-order valence-electron chi connectivity index (χ2n) is 6.67. The molecule has 4 nitrogen and oxygen atoms in total. The van der Waals surface area contributed by atoms with E-state index in [1.54, 1.807) is 0 Å². The molecule has 2 aromatic rings. The minimum atomic E-state index is -0.351. The highest BCUT2D eigenvalue weighted by molar-refractivity contribution is 6.17. The zero-order valence-electron chi connectivity index (χ0n) is 14.1. The molecule has 0 aliphatic carbocycles. The Hall–Kier alpha value is -2.20. The smallest absolute Gasteiger partial charge is 0.276 e. The van der Waals surface area contributed by atoms with Crippen LogP contribution in [0.2, 0.25) is 0 Å². The van der Waals surface area contributed by atoms with Gasteiger partial charge in [0.1, 0.15) is 5.66 Å². The van der Waals surface area contributed by atoms with Crippen LogP contribution in [0.5, 0.6) is 0 Å². The molecule has 1 atom stereocenters. The Kier molecular flexibility index (Phi) is 4.30. The first kappa shape index (κ1) is 16.3. The number of hydrogen-bond acceptors (Lipinski definition) is 3. The van der Waals surface area contributed by atoms with Gasteiger partial charge in [0.2, 0.25) is 0 Å². The number of para-hydroxylation sites is 2. The molecule has 1 N–H and O–H groups in total. The van der Waals surface area contributed by atoms with Crippen LogP contribution in [0, 0.1) is 0 Å². The van der Waals surface area contributed by atoms with Crippen LogP contribution >= 0.6 is 11.6 Å². The zero-order chi connectivity index (χ0) is 17.3. The first-order valence-corrected chi connectivity index (χ1v) is 9.39. The Labute approximate surface area is 153 Å². The number of amides is 1. The maximum Gasteiger partial charge on any atom is 0.276 e. The molecule has 130 valence electrons. The third-order valence-corrected chi connectivity index (χ3v) is 5.50. The molecular formula is C20H22ClN3O. The van der Waals surface area contributed by atoms with E-state index in [0.29, 0.717) is 5.88 Å².